The highest BCUT2D eigenvalue weighted by Gasteiger charge is 2.22. The van der Waals surface area contributed by atoms with Gasteiger partial charge in [-0.2, -0.15) is 0 Å². The fraction of sp³-hybridized carbons (Fsp3) is 0.600. The van der Waals surface area contributed by atoms with E-state index in [1.54, 1.807) is 0 Å². The van der Waals surface area contributed by atoms with Crippen LogP contribution in [-0.4, -0.2) is 24.0 Å². The molecule has 1 atom stereocenters. The van der Waals surface area contributed by atoms with Crippen LogP contribution in [0.15, 0.2) is 24.3 Å². The molecule has 1 heterocycles. The summed E-state index contributed by atoms with van der Waals surface area (Å²) in [6.45, 7) is 7.57. The van der Waals surface area contributed by atoms with Gasteiger partial charge in [0.25, 0.3) is 0 Å². The molecule has 2 nitrogen and oxygen atoms in total. The number of fused-ring (bicyclic) bond motifs is 1. The summed E-state index contributed by atoms with van der Waals surface area (Å²) in [6, 6.07) is 9.34. The van der Waals surface area contributed by atoms with Gasteiger partial charge in [0.05, 0.1) is 0 Å². The van der Waals surface area contributed by atoms with Crippen molar-refractivity contribution in [2.45, 2.75) is 39.3 Å². The molecule has 94 valence electrons. The van der Waals surface area contributed by atoms with E-state index in [9.17, 15) is 0 Å². The molecule has 17 heavy (non-hydrogen) atoms. The Labute approximate surface area is 105 Å². The Morgan fingerprint density at radius 2 is 1.94 bits per heavy atom. The van der Waals surface area contributed by atoms with Gasteiger partial charge >= 0.3 is 0 Å². The minimum Gasteiger partial charge on any atom is -0.329 e. The second-order valence-electron chi connectivity index (χ2n) is 5.51. The Hall–Kier alpha value is -0.860. The first-order valence-corrected chi connectivity index (χ1v) is 6.71. The van der Waals surface area contributed by atoms with Crippen molar-refractivity contribution in [3.8, 4) is 0 Å². The molecule has 0 aliphatic carbocycles. The van der Waals surface area contributed by atoms with E-state index in [1.807, 2.05) is 0 Å². The molecule has 0 fully saturated rings. The normalized spacial score (nSPS) is 18.1. The maximum Gasteiger partial charge on any atom is 0.0240 e. The van der Waals surface area contributed by atoms with Gasteiger partial charge < -0.3 is 5.73 Å². The van der Waals surface area contributed by atoms with Crippen LogP contribution in [0.4, 0.5) is 0 Å². The summed E-state index contributed by atoms with van der Waals surface area (Å²) in [6.07, 6.45) is 2.38. The van der Waals surface area contributed by atoms with Crippen molar-refractivity contribution in [1.82, 2.24) is 4.90 Å². The lowest BCUT2D eigenvalue weighted by molar-refractivity contribution is 0.162. The number of benzene rings is 1. The highest BCUT2D eigenvalue weighted by atomic mass is 15.2. The molecule has 2 heteroatoms. The van der Waals surface area contributed by atoms with Gasteiger partial charge in [-0.1, -0.05) is 38.1 Å². The van der Waals surface area contributed by atoms with Gasteiger partial charge in [0.15, 0.2) is 0 Å². The van der Waals surface area contributed by atoms with Gasteiger partial charge in [0.2, 0.25) is 0 Å². The summed E-state index contributed by atoms with van der Waals surface area (Å²) in [5.74, 6) is 0.723. The molecule has 1 aliphatic rings. The second-order valence-corrected chi connectivity index (χ2v) is 5.51. The smallest absolute Gasteiger partial charge is 0.0240 e. The highest BCUT2D eigenvalue weighted by Crippen LogP contribution is 2.22. The standard InChI is InChI=1S/C15H24N2/c1-12(2)9-15(10-16)17-8-7-13-5-3-4-6-14(13)11-17/h3-6,12,15H,7-11,16H2,1-2H3. The molecule has 0 bridgehead atoms. The van der Waals surface area contributed by atoms with Crippen molar-refractivity contribution in [3.05, 3.63) is 35.4 Å². The molecule has 1 aliphatic heterocycles. The van der Waals surface area contributed by atoms with Crippen LogP contribution >= 0.6 is 0 Å². The zero-order valence-electron chi connectivity index (χ0n) is 11.0. The molecule has 2 rings (SSSR count). The van der Waals surface area contributed by atoms with Crippen molar-refractivity contribution in [2.75, 3.05) is 13.1 Å². The number of nitrogens with two attached hydrogens (primary N) is 1. The van der Waals surface area contributed by atoms with E-state index in [2.05, 4.69) is 43.0 Å². The van der Waals surface area contributed by atoms with Gasteiger partial charge in [0, 0.05) is 25.7 Å². The molecule has 1 aromatic rings. The molecular weight excluding hydrogens is 208 g/mol. The van der Waals surface area contributed by atoms with Crippen LogP contribution in [0.2, 0.25) is 0 Å². The van der Waals surface area contributed by atoms with Gasteiger partial charge in [0.1, 0.15) is 0 Å². The lowest BCUT2D eigenvalue weighted by Gasteiger charge is -2.35. The van der Waals surface area contributed by atoms with Crippen molar-refractivity contribution in [2.24, 2.45) is 11.7 Å². The lowest BCUT2D eigenvalue weighted by Crippen LogP contribution is -2.44. The van der Waals surface area contributed by atoms with Crippen molar-refractivity contribution in [1.29, 1.82) is 0 Å². The first-order chi connectivity index (χ1) is 8.20. The highest BCUT2D eigenvalue weighted by molar-refractivity contribution is 5.29. The zero-order valence-corrected chi connectivity index (χ0v) is 11.0. The number of rotatable bonds is 4. The molecule has 2 N–H and O–H groups in total. The average molecular weight is 232 g/mol. The first-order valence-electron chi connectivity index (χ1n) is 6.71. The molecule has 1 aromatic carbocycles. The van der Waals surface area contributed by atoms with Crippen LogP contribution in [0.25, 0.3) is 0 Å². The number of hydrogen-bond acceptors (Lipinski definition) is 2. The van der Waals surface area contributed by atoms with Gasteiger partial charge in [-0.05, 0) is 29.9 Å². The predicted octanol–water partition coefficient (Wildman–Crippen LogP) is 2.42. The summed E-state index contributed by atoms with van der Waals surface area (Å²) in [4.78, 5) is 2.56. The Balaban J connectivity index is 2.05. The Kier molecular flexibility index (Phi) is 4.19. The van der Waals surface area contributed by atoms with Gasteiger partial charge in [-0.25, -0.2) is 0 Å². The van der Waals surface area contributed by atoms with Crippen LogP contribution in [0.1, 0.15) is 31.4 Å². The molecule has 0 radical (unpaired) electrons. The SMILES string of the molecule is CC(C)CC(CN)N1CCc2ccccc2C1. The van der Waals surface area contributed by atoms with Gasteiger partial charge in [-0.3, -0.25) is 4.90 Å². The van der Waals surface area contributed by atoms with Crippen LogP contribution in [0.3, 0.4) is 0 Å². The Morgan fingerprint density at radius 1 is 1.24 bits per heavy atom. The molecule has 0 aromatic heterocycles. The summed E-state index contributed by atoms with van der Waals surface area (Å²) >= 11 is 0. The minimum atomic E-state index is 0.545. The molecule has 0 saturated heterocycles. The van der Waals surface area contributed by atoms with Crippen molar-refractivity contribution < 1.29 is 0 Å². The maximum absolute atomic E-state index is 5.93. The summed E-state index contributed by atoms with van der Waals surface area (Å²) < 4.78 is 0. The van der Waals surface area contributed by atoms with Crippen LogP contribution < -0.4 is 5.73 Å². The Bertz CT molecular complexity index is 360. The van der Waals surface area contributed by atoms with Crippen molar-refractivity contribution >= 4 is 0 Å². The summed E-state index contributed by atoms with van der Waals surface area (Å²) in [7, 11) is 0. The molecule has 1 unspecified atom stereocenters. The van der Waals surface area contributed by atoms with Crippen molar-refractivity contribution in [3.63, 3.8) is 0 Å². The predicted molar refractivity (Wildman–Crippen MR) is 72.9 cm³/mol. The average Bonchev–Trinajstić information content (AvgIpc) is 2.35. The molecule has 0 saturated carbocycles. The quantitative estimate of drug-likeness (QED) is 0.864. The fourth-order valence-electron chi connectivity index (χ4n) is 2.77. The van der Waals surface area contributed by atoms with E-state index in [0.717, 1.165) is 25.6 Å². The molecule has 0 amide bonds. The van der Waals surface area contributed by atoms with E-state index in [-0.39, 0.29) is 0 Å². The van der Waals surface area contributed by atoms with E-state index in [4.69, 9.17) is 5.73 Å². The summed E-state index contributed by atoms with van der Waals surface area (Å²) in [5.41, 5.74) is 8.93. The lowest BCUT2D eigenvalue weighted by atomic mass is 9.96. The molecule has 0 spiro atoms. The third-order valence-corrected chi connectivity index (χ3v) is 3.69. The third kappa shape index (κ3) is 3.08. The molecular formula is C15H24N2. The van der Waals surface area contributed by atoms with Crippen LogP contribution in [0.5, 0.6) is 0 Å². The maximum atomic E-state index is 5.93. The number of nitrogens with zero attached hydrogens (tertiary/aromatic N) is 1. The van der Waals surface area contributed by atoms with E-state index in [0.29, 0.717) is 6.04 Å². The van der Waals surface area contributed by atoms with E-state index < -0.39 is 0 Å². The minimum absolute atomic E-state index is 0.545. The van der Waals surface area contributed by atoms with Crippen LogP contribution in [0, 0.1) is 5.92 Å². The first kappa shape index (κ1) is 12.6. The fourth-order valence-corrected chi connectivity index (χ4v) is 2.77. The second kappa shape index (κ2) is 5.65. The third-order valence-electron chi connectivity index (χ3n) is 3.69. The monoisotopic (exact) mass is 232 g/mol. The topological polar surface area (TPSA) is 29.3 Å². The zero-order chi connectivity index (χ0) is 12.3. The van der Waals surface area contributed by atoms with Gasteiger partial charge in [-0.15, -0.1) is 0 Å². The number of hydrogen-bond donors (Lipinski definition) is 1. The Morgan fingerprint density at radius 3 is 2.59 bits per heavy atom. The largest absolute Gasteiger partial charge is 0.329 e. The van der Waals surface area contributed by atoms with E-state index >= 15 is 0 Å². The van der Waals surface area contributed by atoms with E-state index in [1.165, 1.54) is 24.0 Å². The summed E-state index contributed by atoms with van der Waals surface area (Å²) in [5, 5.41) is 0. The van der Waals surface area contributed by atoms with Crippen LogP contribution in [-0.2, 0) is 13.0 Å².